The van der Waals surface area contributed by atoms with Crippen molar-refractivity contribution in [1.29, 1.82) is 0 Å². The first-order valence-electron chi connectivity index (χ1n) is 10.3. The third-order valence-electron chi connectivity index (χ3n) is 4.87. The Balaban J connectivity index is 1.53. The Kier molecular flexibility index (Phi) is 8.36. The second-order valence-electron chi connectivity index (χ2n) is 7.04. The molecule has 2 heterocycles. The lowest BCUT2D eigenvalue weighted by atomic mass is 10.2. The Morgan fingerprint density at radius 2 is 2.00 bits per heavy atom. The fraction of sp³-hybridized carbons (Fsp3) is 0.455. The van der Waals surface area contributed by atoms with E-state index in [0.29, 0.717) is 25.3 Å². The van der Waals surface area contributed by atoms with E-state index in [1.54, 1.807) is 36.5 Å². The quantitative estimate of drug-likeness (QED) is 0.538. The van der Waals surface area contributed by atoms with E-state index in [9.17, 15) is 13.6 Å². The number of aryl methyl sites for hydroxylation is 1. The Hall–Kier alpha value is -2.52. The van der Waals surface area contributed by atoms with Crippen molar-refractivity contribution < 1.29 is 23.0 Å². The van der Waals surface area contributed by atoms with Crippen LogP contribution in [0.25, 0.3) is 6.08 Å². The van der Waals surface area contributed by atoms with Gasteiger partial charge in [0.05, 0.1) is 17.3 Å². The molecule has 1 amide bonds. The zero-order chi connectivity index (χ0) is 22.2. The summed E-state index contributed by atoms with van der Waals surface area (Å²) in [7, 11) is 0. The molecule has 3 rings (SSSR count). The number of piperazine rings is 1. The molecule has 0 spiro atoms. The van der Waals surface area contributed by atoms with Gasteiger partial charge < -0.3 is 14.4 Å². The van der Waals surface area contributed by atoms with Gasteiger partial charge in [0.15, 0.2) is 11.5 Å². The van der Waals surface area contributed by atoms with Crippen LogP contribution in [0.2, 0.25) is 0 Å². The van der Waals surface area contributed by atoms with Crippen molar-refractivity contribution in [3.05, 3.63) is 45.9 Å². The van der Waals surface area contributed by atoms with Crippen molar-refractivity contribution in [3.63, 3.8) is 0 Å². The fourth-order valence-electron chi connectivity index (χ4n) is 3.30. The summed E-state index contributed by atoms with van der Waals surface area (Å²) in [6.07, 6.45) is 4.11. The van der Waals surface area contributed by atoms with Gasteiger partial charge in [0.25, 0.3) is 0 Å². The molecule has 0 bridgehead atoms. The van der Waals surface area contributed by atoms with E-state index >= 15 is 0 Å². The molecule has 9 heteroatoms. The number of carbonyl (C=O) groups is 1. The third kappa shape index (κ3) is 6.73. The number of halogens is 2. The number of alkyl halides is 2. The largest absolute Gasteiger partial charge is 0.490 e. The zero-order valence-electron chi connectivity index (χ0n) is 17.7. The second-order valence-corrected chi connectivity index (χ2v) is 7.98. The molecule has 2 aromatic rings. The standard InChI is InChI=1S/C22H27F2N3O3S/c1-3-20-25-17(15-31-20)14-26-9-11-27(12-10-26)21(28)8-6-16-5-7-18(30-22(23)24)19(13-16)29-4-2/h5-8,13,15,22H,3-4,9-12,14H2,1-2H3/b8-6+. The minimum atomic E-state index is -2.93. The first kappa shape index (κ1) is 23.1. The minimum Gasteiger partial charge on any atom is -0.490 e. The summed E-state index contributed by atoms with van der Waals surface area (Å²) in [5, 5.41) is 3.25. The summed E-state index contributed by atoms with van der Waals surface area (Å²) < 4.78 is 34.9. The predicted molar refractivity (Wildman–Crippen MR) is 117 cm³/mol. The smallest absolute Gasteiger partial charge is 0.387 e. The number of nitrogens with zero attached hydrogens (tertiary/aromatic N) is 3. The molecule has 0 unspecified atom stereocenters. The van der Waals surface area contributed by atoms with Gasteiger partial charge in [0.1, 0.15) is 0 Å². The molecule has 1 saturated heterocycles. The molecule has 168 valence electrons. The number of benzene rings is 1. The van der Waals surface area contributed by atoms with Crippen molar-refractivity contribution in [2.24, 2.45) is 0 Å². The van der Waals surface area contributed by atoms with Gasteiger partial charge in [-0.2, -0.15) is 8.78 Å². The SMILES string of the molecule is CCOc1cc(/C=C/C(=O)N2CCN(Cc3csc(CC)n3)CC2)ccc1OC(F)F. The molecule has 1 aliphatic rings. The molecular formula is C22H27F2N3O3S. The molecule has 1 fully saturated rings. The van der Waals surface area contributed by atoms with Crippen LogP contribution in [0.4, 0.5) is 8.78 Å². The molecule has 1 aromatic heterocycles. The lowest BCUT2D eigenvalue weighted by Gasteiger charge is -2.33. The summed E-state index contributed by atoms with van der Waals surface area (Å²) in [6, 6.07) is 4.62. The van der Waals surface area contributed by atoms with Crippen molar-refractivity contribution >= 4 is 23.3 Å². The van der Waals surface area contributed by atoms with Crippen LogP contribution in [-0.2, 0) is 17.8 Å². The number of carbonyl (C=O) groups excluding carboxylic acids is 1. The highest BCUT2D eigenvalue weighted by Crippen LogP contribution is 2.30. The lowest BCUT2D eigenvalue weighted by Crippen LogP contribution is -2.47. The fourth-order valence-corrected chi connectivity index (χ4v) is 4.04. The molecule has 31 heavy (non-hydrogen) atoms. The van der Waals surface area contributed by atoms with E-state index in [1.165, 1.54) is 12.1 Å². The van der Waals surface area contributed by atoms with Crippen molar-refractivity contribution in [1.82, 2.24) is 14.8 Å². The van der Waals surface area contributed by atoms with Gasteiger partial charge in [-0.05, 0) is 37.1 Å². The Bertz CT molecular complexity index is 896. The van der Waals surface area contributed by atoms with Gasteiger partial charge in [0.2, 0.25) is 5.91 Å². The highest BCUT2D eigenvalue weighted by atomic mass is 32.1. The predicted octanol–water partition coefficient (Wildman–Crippen LogP) is 4.06. The lowest BCUT2D eigenvalue weighted by molar-refractivity contribution is -0.127. The highest BCUT2D eigenvalue weighted by molar-refractivity contribution is 7.09. The number of hydrogen-bond donors (Lipinski definition) is 0. The van der Waals surface area contributed by atoms with Gasteiger partial charge in [-0.15, -0.1) is 11.3 Å². The molecule has 0 radical (unpaired) electrons. The van der Waals surface area contributed by atoms with E-state index in [-0.39, 0.29) is 17.4 Å². The van der Waals surface area contributed by atoms with Crippen molar-refractivity contribution in [2.75, 3.05) is 32.8 Å². The van der Waals surface area contributed by atoms with E-state index in [2.05, 4.69) is 26.9 Å². The van der Waals surface area contributed by atoms with Gasteiger partial charge in [-0.3, -0.25) is 9.69 Å². The topological polar surface area (TPSA) is 54.9 Å². The first-order valence-corrected chi connectivity index (χ1v) is 11.2. The first-order chi connectivity index (χ1) is 15.0. The summed E-state index contributed by atoms with van der Waals surface area (Å²) in [6.45, 7) is 4.96. The summed E-state index contributed by atoms with van der Waals surface area (Å²) in [5.41, 5.74) is 1.76. The van der Waals surface area contributed by atoms with E-state index in [1.807, 2.05) is 4.90 Å². The van der Waals surface area contributed by atoms with Crippen molar-refractivity contribution in [2.45, 2.75) is 33.4 Å². The van der Waals surface area contributed by atoms with Crippen LogP contribution in [0.1, 0.15) is 30.1 Å². The Morgan fingerprint density at radius 3 is 2.65 bits per heavy atom. The van der Waals surface area contributed by atoms with Crippen LogP contribution in [0, 0.1) is 0 Å². The molecule has 0 N–H and O–H groups in total. The normalized spacial score (nSPS) is 15.1. The molecule has 1 aliphatic heterocycles. The number of thiazole rings is 1. The Labute approximate surface area is 185 Å². The molecule has 6 nitrogen and oxygen atoms in total. The average molecular weight is 452 g/mol. The van der Waals surface area contributed by atoms with Gasteiger partial charge in [-0.1, -0.05) is 13.0 Å². The minimum absolute atomic E-state index is 0.0254. The van der Waals surface area contributed by atoms with E-state index in [4.69, 9.17) is 4.74 Å². The summed E-state index contributed by atoms with van der Waals surface area (Å²) in [5.74, 6) is 0.120. The number of rotatable bonds is 9. The maximum atomic E-state index is 12.6. The van der Waals surface area contributed by atoms with E-state index < -0.39 is 6.61 Å². The third-order valence-corrected chi connectivity index (χ3v) is 5.92. The maximum Gasteiger partial charge on any atom is 0.387 e. The number of ether oxygens (including phenoxy) is 2. The summed E-state index contributed by atoms with van der Waals surface area (Å²) in [4.78, 5) is 21.3. The zero-order valence-corrected chi connectivity index (χ0v) is 18.5. The Morgan fingerprint density at radius 1 is 1.23 bits per heavy atom. The van der Waals surface area contributed by atoms with Gasteiger partial charge in [-0.25, -0.2) is 4.98 Å². The summed E-state index contributed by atoms with van der Waals surface area (Å²) >= 11 is 1.69. The van der Waals surface area contributed by atoms with E-state index in [0.717, 1.165) is 36.8 Å². The van der Waals surface area contributed by atoms with Crippen LogP contribution in [0.5, 0.6) is 11.5 Å². The maximum absolute atomic E-state index is 12.6. The number of hydrogen-bond acceptors (Lipinski definition) is 6. The average Bonchev–Trinajstić information content (AvgIpc) is 3.21. The van der Waals surface area contributed by atoms with Crippen LogP contribution < -0.4 is 9.47 Å². The molecular weight excluding hydrogens is 424 g/mol. The molecule has 0 aliphatic carbocycles. The number of amides is 1. The van der Waals surface area contributed by atoms with Crippen LogP contribution in [-0.4, -0.2) is 60.1 Å². The van der Waals surface area contributed by atoms with Gasteiger partial charge in [0, 0.05) is 44.2 Å². The molecule has 0 saturated carbocycles. The second kappa shape index (κ2) is 11.2. The van der Waals surface area contributed by atoms with Crippen LogP contribution in [0.15, 0.2) is 29.7 Å². The van der Waals surface area contributed by atoms with Gasteiger partial charge >= 0.3 is 6.61 Å². The van der Waals surface area contributed by atoms with Crippen LogP contribution in [0.3, 0.4) is 0 Å². The van der Waals surface area contributed by atoms with Crippen LogP contribution >= 0.6 is 11.3 Å². The molecule has 1 aromatic carbocycles. The number of aromatic nitrogens is 1. The highest BCUT2D eigenvalue weighted by Gasteiger charge is 2.20. The monoisotopic (exact) mass is 451 g/mol. The molecule has 0 atom stereocenters. The van der Waals surface area contributed by atoms with Crippen molar-refractivity contribution in [3.8, 4) is 11.5 Å².